The number of unbranched alkanes of at least 4 members (excludes halogenated alkanes) is 1. The Labute approximate surface area is 163 Å². The van der Waals surface area contributed by atoms with Crippen LogP contribution < -0.4 is 5.32 Å². The molecule has 0 aromatic heterocycles. The van der Waals surface area contributed by atoms with E-state index in [0.29, 0.717) is 6.42 Å². The molecule has 0 spiro atoms. The molecule has 1 saturated heterocycles. The average Bonchev–Trinajstić information content (AvgIpc) is 3.08. The summed E-state index contributed by atoms with van der Waals surface area (Å²) in [5.41, 5.74) is -0.656. The Hall–Kier alpha value is -3.14. The lowest BCUT2D eigenvalue weighted by Crippen LogP contribution is -2.52. The number of nitrogens with one attached hydrogen (secondary N) is 1. The fourth-order valence-corrected chi connectivity index (χ4v) is 2.93. The van der Waals surface area contributed by atoms with E-state index in [1.54, 1.807) is 0 Å². The van der Waals surface area contributed by atoms with Crippen molar-refractivity contribution in [2.45, 2.75) is 56.8 Å². The first kappa shape index (κ1) is 21.2. The zero-order valence-electron chi connectivity index (χ0n) is 15.5. The fourth-order valence-electron chi connectivity index (χ4n) is 2.93. The molecule has 1 N–H and O–H groups in total. The van der Waals surface area contributed by atoms with Crippen LogP contribution in [-0.2, 0) is 35.3 Å². The Morgan fingerprint density at radius 1 is 1.36 bits per heavy atom. The molecule has 1 heterocycles. The van der Waals surface area contributed by atoms with Crippen molar-refractivity contribution in [2.24, 2.45) is 0 Å². The van der Waals surface area contributed by atoms with Crippen molar-refractivity contribution in [3.63, 3.8) is 0 Å². The van der Waals surface area contributed by atoms with Crippen molar-refractivity contribution in [3.05, 3.63) is 35.9 Å². The van der Waals surface area contributed by atoms with Crippen molar-refractivity contribution >= 4 is 24.1 Å². The van der Waals surface area contributed by atoms with Crippen LogP contribution in [0, 0.1) is 12.3 Å². The van der Waals surface area contributed by atoms with Gasteiger partial charge in [0.1, 0.15) is 18.9 Å². The zero-order chi connectivity index (χ0) is 20.4. The van der Waals surface area contributed by atoms with E-state index in [4.69, 9.17) is 15.9 Å². The van der Waals surface area contributed by atoms with Crippen LogP contribution in [0.5, 0.6) is 0 Å². The van der Waals surface area contributed by atoms with Gasteiger partial charge >= 0.3 is 11.9 Å². The molecule has 1 amide bonds. The number of terminal acetylenes is 1. The van der Waals surface area contributed by atoms with Crippen LogP contribution in [-0.4, -0.2) is 35.8 Å². The molecule has 148 valence electrons. The highest BCUT2D eigenvalue weighted by atomic mass is 16.6. The van der Waals surface area contributed by atoms with Crippen LogP contribution >= 0.6 is 0 Å². The van der Waals surface area contributed by atoms with Crippen LogP contribution in [0.15, 0.2) is 30.3 Å². The fraction of sp³-hybridized carbons (Fsp3) is 0.429. The minimum absolute atomic E-state index is 0.0597. The molecular formula is C21H23NO6. The Balaban J connectivity index is 2.05. The smallest absolute Gasteiger partial charge is 0.328 e. The molecule has 0 saturated carbocycles. The summed E-state index contributed by atoms with van der Waals surface area (Å²) < 4.78 is 10.5. The van der Waals surface area contributed by atoms with Gasteiger partial charge in [-0.1, -0.05) is 30.3 Å². The summed E-state index contributed by atoms with van der Waals surface area (Å²) in [6.45, 7) is 0.0597. The summed E-state index contributed by atoms with van der Waals surface area (Å²) in [5.74, 6) is 0.605. The summed E-state index contributed by atoms with van der Waals surface area (Å²) in [7, 11) is 0. The number of esters is 2. The topological polar surface area (TPSA) is 98.8 Å². The van der Waals surface area contributed by atoms with Gasteiger partial charge in [0.2, 0.25) is 5.60 Å². The number of carbonyl (C=O) groups is 4. The summed E-state index contributed by atoms with van der Waals surface area (Å²) >= 11 is 0. The van der Waals surface area contributed by atoms with Crippen LogP contribution in [0.25, 0.3) is 0 Å². The Bertz CT molecular complexity index is 754. The van der Waals surface area contributed by atoms with Gasteiger partial charge in [0.25, 0.3) is 5.91 Å². The third kappa shape index (κ3) is 5.68. The first-order chi connectivity index (χ1) is 13.5. The number of hydrogen-bond acceptors (Lipinski definition) is 6. The maximum absolute atomic E-state index is 12.8. The molecule has 0 unspecified atom stereocenters. The van der Waals surface area contributed by atoms with Crippen molar-refractivity contribution in [1.29, 1.82) is 0 Å². The monoisotopic (exact) mass is 385 g/mol. The molecule has 0 aliphatic carbocycles. The van der Waals surface area contributed by atoms with Gasteiger partial charge in [-0.05, 0) is 18.4 Å². The van der Waals surface area contributed by atoms with Crippen LogP contribution in [0.1, 0.15) is 44.1 Å². The van der Waals surface area contributed by atoms with Gasteiger partial charge < -0.3 is 19.6 Å². The summed E-state index contributed by atoms with van der Waals surface area (Å²) in [6, 6.07) is 8.15. The number of ether oxygens (including phenoxy) is 2. The largest absolute Gasteiger partial charge is 0.459 e. The highest BCUT2D eigenvalue weighted by Crippen LogP contribution is 2.30. The molecule has 7 nitrogen and oxygen atoms in total. The SMILES string of the molecule is C#CC[C@@]1(C(=O)N[C@@H](CCCC=O)C(=O)OCc2ccccc2)CCC(=O)O1. The van der Waals surface area contributed by atoms with Crippen molar-refractivity contribution in [1.82, 2.24) is 5.32 Å². The number of aldehydes is 1. The lowest BCUT2D eigenvalue weighted by molar-refractivity contribution is -0.160. The number of benzene rings is 1. The lowest BCUT2D eigenvalue weighted by atomic mass is 9.94. The van der Waals surface area contributed by atoms with Crippen LogP contribution in [0.4, 0.5) is 0 Å². The minimum Gasteiger partial charge on any atom is -0.459 e. The van der Waals surface area contributed by atoms with E-state index in [9.17, 15) is 19.2 Å². The average molecular weight is 385 g/mol. The van der Waals surface area contributed by atoms with Crippen molar-refractivity contribution < 1.29 is 28.7 Å². The number of carbonyl (C=O) groups excluding carboxylic acids is 4. The van der Waals surface area contributed by atoms with E-state index < -0.39 is 29.5 Å². The van der Waals surface area contributed by atoms with E-state index in [1.165, 1.54) is 0 Å². The maximum Gasteiger partial charge on any atom is 0.328 e. The van der Waals surface area contributed by atoms with E-state index in [1.807, 2.05) is 30.3 Å². The molecule has 1 fully saturated rings. The quantitative estimate of drug-likeness (QED) is 0.285. The molecule has 28 heavy (non-hydrogen) atoms. The van der Waals surface area contributed by atoms with E-state index in [0.717, 1.165) is 11.8 Å². The normalized spacial score (nSPS) is 19.2. The molecule has 2 atom stereocenters. The molecule has 0 radical (unpaired) electrons. The molecule has 1 aliphatic rings. The van der Waals surface area contributed by atoms with Gasteiger partial charge in [0, 0.05) is 19.3 Å². The lowest BCUT2D eigenvalue weighted by Gasteiger charge is -2.27. The number of amides is 1. The summed E-state index contributed by atoms with van der Waals surface area (Å²) in [5, 5.41) is 2.60. The highest BCUT2D eigenvalue weighted by Gasteiger charge is 2.47. The van der Waals surface area contributed by atoms with E-state index in [2.05, 4.69) is 11.2 Å². The molecule has 1 aromatic rings. The van der Waals surface area contributed by atoms with Crippen LogP contribution in [0.2, 0.25) is 0 Å². The van der Waals surface area contributed by atoms with E-state index in [-0.39, 0.29) is 38.7 Å². The van der Waals surface area contributed by atoms with E-state index >= 15 is 0 Å². The third-order valence-electron chi connectivity index (χ3n) is 4.47. The second kappa shape index (κ2) is 10.3. The molecule has 1 aromatic carbocycles. The molecule has 1 aliphatic heterocycles. The molecule has 7 heteroatoms. The molecule has 0 bridgehead atoms. The Morgan fingerprint density at radius 2 is 2.11 bits per heavy atom. The second-order valence-electron chi connectivity index (χ2n) is 6.57. The number of rotatable bonds is 10. The Morgan fingerprint density at radius 3 is 2.71 bits per heavy atom. The first-order valence-corrected chi connectivity index (χ1v) is 9.11. The third-order valence-corrected chi connectivity index (χ3v) is 4.47. The predicted molar refractivity (Wildman–Crippen MR) is 99.6 cm³/mol. The van der Waals surface area contributed by atoms with Gasteiger partial charge in [0.15, 0.2) is 0 Å². The van der Waals surface area contributed by atoms with Gasteiger partial charge in [-0.3, -0.25) is 9.59 Å². The first-order valence-electron chi connectivity index (χ1n) is 9.11. The minimum atomic E-state index is -1.46. The highest BCUT2D eigenvalue weighted by molar-refractivity contribution is 5.93. The van der Waals surface area contributed by atoms with Crippen LogP contribution in [0.3, 0.4) is 0 Å². The van der Waals surface area contributed by atoms with Gasteiger partial charge in [0.05, 0.1) is 6.42 Å². The van der Waals surface area contributed by atoms with Gasteiger partial charge in [-0.2, -0.15) is 0 Å². The summed E-state index contributed by atoms with van der Waals surface area (Å²) in [4.78, 5) is 47.4. The number of hydrogen-bond donors (Lipinski definition) is 1. The Kier molecular flexibility index (Phi) is 7.76. The zero-order valence-corrected chi connectivity index (χ0v) is 15.5. The maximum atomic E-state index is 12.8. The van der Waals surface area contributed by atoms with Crippen molar-refractivity contribution in [3.8, 4) is 12.3 Å². The van der Waals surface area contributed by atoms with Gasteiger partial charge in [-0.25, -0.2) is 4.79 Å². The van der Waals surface area contributed by atoms with Gasteiger partial charge in [-0.15, -0.1) is 12.3 Å². The summed E-state index contributed by atoms with van der Waals surface area (Å²) in [6.07, 6.45) is 7.10. The molecular weight excluding hydrogens is 362 g/mol. The predicted octanol–water partition coefficient (Wildman–Crippen LogP) is 1.68. The standard InChI is InChI=1S/C21H23NO6/c1-2-12-21(13-11-18(24)28-21)20(26)22-17(10-6-7-14-23)19(25)27-15-16-8-4-3-5-9-16/h1,3-5,8-9,14,17H,6-7,10-13,15H2,(H,22,26)/t17-,21-/m0/s1. The van der Waals surface area contributed by atoms with Crippen molar-refractivity contribution in [2.75, 3.05) is 0 Å². The second-order valence-corrected chi connectivity index (χ2v) is 6.57. The number of cyclic esters (lactones) is 1. The molecule has 2 rings (SSSR count).